The van der Waals surface area contributed by atoms with Crippen LogP contribution in [0.15, 0.2) is 30.5 Å². The van der Waals surface area contributed by atoms with Crippen LogP contribution in [0.5, 0.6) is 0 Å². The fourth-order valence-corrected chi connectivity index (χ4v) is 5.68. The number of carbonyl (C=O) groups is 2. The van der Waals surface area contributed by atoms with Gasteiger partial charge in [-0.05, 0) is 56.5 Å². The van der Waals surface area contributed by atoms with E-state index in [4.69, 9.17) is 9.84 Å². The molecule has 0 aliphatic carbocycles. The summed E-state index contributed by atoms with van der Waals surface area (Å²) in [4.78, 5) is 32.5. The summed E-state index contributed by atoms with van der Waals surface area (Å²) in [5.74, 6) is -0.902. The summed E-state index contributed by atoms with van der Waals surface area (Å²) in [5, 5.41) is 9.07. The number of aliphatic carboxylic acids is 1. The van der Waals surface area contributed by atoms with Crippen LogP contribution in [0.2, 0.25) is 0 Å². The molecule has 2 fully saturated rings. The molecule has 0 unspecified atom stereocenters. The number of nitrogens with zero attached hydrogens (tertiary/aromatic N) is 4. The molecule has 45 heavy (non-hydrogen) atoms. The molecule has 2 atom stereocenters. The van der Waals surface area contributed by atoms with Gasteiger partial charge < -0.3 is 14.7 Å². The van der Waals surface area contributed by atoms with Gasteiger partial charge in [-0.1, -0.05) is 0 Å². The van der Waals surface area contributed by atoms with Crippen LogP contribution in [0.25, 0.3) is 0 Å². The van der Waals surface area contributed by atoms with E-state index in [1.54, 1.807) is 16.7 Å². The molecular formula is C28H29F9N4O4. The summed E-state index contributed by atoms with van der Waals surface area (Å²) in [6, 6.07) is 0.196. The Morgan fingerprint density at radius 3 is 2.00 bits per heavy atom. The maximum absolute atomic E-state index is 13.7. The summed E-state index contributed by atoms with van der Waals surface area (Å²) >= 11 is 0. The molecule has 2 saturated heterocycles. The number of pyridine rings is 1. The molecule has 8 nitrogen and oxygen atoms in total. The van der Waals surface area contributed by atoms with E-state index in [0.717, 1.165) is 11.0 Å². The Kier molecular flexibility index (Phi) is 9.52. The molecule has 1 amide bonds. The number of aromatic nitrogens is 1. The molecule has 1 aromatic heterocycles. The summed E-state index contributed by atoms with van der Waals surface area (Å²) in [6.45, 7) is 3.41. The highest BCUT2D eigenvalue weighted by atomic mass is 19.4. The highest BCUT2D eigenvalue weighted by Gasteiger charge is 2.44. The number of halogens is 9. The van der Waals surface area contributed by atoms with E-state index in [9.17, 15) is 49.1 Å². The van der Waals surface area contributed by atoms with Crippen LogP contribution >= 0.6 is 0 Å². The maximum Gasteiger partial charge on any atom is 0.417 e. The van der Waals surface area contributed by atoms with Crippen molar-refractivity contribution in [1.82, 2.24) is 14.8 Å². The Morgan fingerprint density at radius 2 is 1.51 bits per heavy atom. The number of rotatable bonds is 8. The van der Waals surface area contributed by atoms with Crippen molar-refractivity contribution in [2.75, 3.05) is 31.1 Å². The minimum Gasteiger partial charge on any atom is -0.480 e. The number of likely N-dealkylation sites (tertiary alicyclic amines) is 1. The second kappa shape index (κ2) is 12.6. The van der Waals surface area contributed by atoms with Crippen molar-refractivity contribution in [3.63, 3.8) is 0 Å². The third-order valence-corrected chi connectivity index (χ3v) is 7.91. The molecule has 0 saturated carbocycles. The van der Waals surface area contributed by atoms with Crippen molar-refractivity contribution in [3.05, 3.63) is 58.3 Å². The van der Waals surface area contributed by atoms with Crippen LogP contribution < -0.4 is 4.90 Å². The number of benzene rings is 1. The number of anilines is 1. The molecule has 3 heterocycles. The number of carbonyl (C=O) groups excluding carboxylic acids is 1. The van der Waals surface area contributed by atoms with Crippen LogP contribution in [0, 0.1) is 0 Å². The number of carboxylic acids is 1. The zero-order valence-electron chi connectivity index (χ0n) is 23.9. The molecule has 2 aliphatic heterocycles. The average Bonchev–Trinajstić information content (AvgIpc) is 3.21. The number of hydrogen-bond acceptors (Lipinski definition) is 6. The van der Waals surface area contributed by atoms with Gasteiger partial charge >= 0.3 is 30.6 Å². The molecule has 0 bridgehead atoms. The average molecular weight is 657 g/mol. The lowest BCUT2D eigenvalue weighted by Gasteiger charge is -2.39. The molecule has 1 N–H and O–H groups in total. The Morgan fingerprint density at radius 1 is 0.956 bits per heavy atom. The first kappa shape index (κ1) is 34.1. The Balaban J connectivity index is 1.67. The Hall–Kier alpha value is -3.76. The van der Waals surface area contributed by atoms with Crippen LogP contribution in [0.4, 0.5) is 50.1 Å². The van der Waals surface area contributed by atoms with Crippen molar-refractivity contribution in [3.8, 4) is 0 Å². The monoisotopic (exact) mass is 656 g/mol. The molecule has 0 spiro atoms. The highest BCUT2D eigenvalue weighted by Crippen LogP contribution is 2.42. The fraction of sp³-hybridized carbons (Fsp3) is 0.536. The predicted octanol–water partition coefficient (Wildman–Crippen LogP) is 6.60. The van der Waals surface area contributed by atoms with Crippen LogP contribution in [-0.2, 0) is 34.6 Å². The van der Waals surface area contributed by atoms with E-state index in [-0.39, 0.29) is 36.6 Å². The van der Waals surface area contributed by atoms with E-state index >= 15 is 0 Å². The molecule has 4 rings (SSSR count). The van der Waals surface area contributed by atoms with Crippen LogP contribution in [0.3, 0.4) is 0 Å². The predicted molar refractivity (Wildman–Crippen MR) is 140 cm³/mol. The standard InChI is InChI=1S/C28H29F9N4O4/c1-3-40(21-4-6-39(7-5-21)14-22(42)43)24-17(10-20(12-38-24)28(35,36)37)13-41-15(2)23(45-25(41)44)16-8-18(26(29,30)31)11-19(9-16)27(32,33)34/h8-12,15,21,23H,3-7,13-14H2,1-2H3,(H,42,43)/t15-,23-/m0/s1. The number of cyclic esters (lactones) is 1. The van der Waals surface area contributed by atoms with Gasteiger partial charge in [-0.3, -0.25) is 14.6 Å². The van der Waals surface area contributed by atoms with Gasteiger partial charge in [0.1, 0.15) is 11.9 Å². The fourth-order valence-electron chi connectivity index (χ4n) is 5.68. The van der Waals surface area contributed by atoms with Gasteiger partial charge in [0.25, 0.3) is 0 Å². The largest absolute Gasteiger partial charge is 0.480 e. The Labute approximate surface area is 251 Å². The molecule has 248 valence electrons. The number of alkyl halides is 9. The van der Waals surface area contributed by atoms with Gasteiger partial charge in [0, 0.05) is 37.4 Å². The van der Waals surface area contributed by atoms with E-state index in [0.29, 0.717) is 44.3 Å². The van der Waals surface area contributed by atoms with Crippen LogP contribution in [0.1, 0.15) is 60.6 Å². The molecule has 0 radical (unpaired) electrons. The minimum absolute atomic E-state index is 0.0607. The van der Waals surface area contributed by atoms with Crippen molar-refractivity contribution < 1.29 is 58.9 Å². The minimum atomic E-state index is -5.15. The Bertz CT molecular complexity index is 1370. The lowest BCUT2D eigenvalue weighted by molar-refractivity contribution is -0.143. The van der Waals surface area contributed by atoms with Gasteiger partial charge in [0.05, 0.1) is 35.8 Å². The van der Waals surface area contributed by atoms with Gasteiger partial charge in [-0.15, -0.1) is 0 Å². The van der Waals surface area contributed by atoms with Crippen LogP contribution in [-0.4, -0.2) is 70.2 Å². The first-order valence-electron chi connectivity index (χ1n) is 13.8. The van der Waals surface area contributed by atoms with E-state index < -0.39 is 71.5 Å². The van der Waals surface area contributed by atoms with Gasteiger partial charge in [0.15, 0.2) is 0 Å². The molecule has 1 aromatic carbocycles. The van der Waals surface area contributed by atoms with Crippen molar-refractivity contribution >= 4 is 17.9 Å². The summed E-state index contributed by atoms with van der Waals surface area (Å²) in [6.07, 6.45) is -16.3. The molecular weight excluding hydrogens is 627 g/mol. The quantitative estimate of drug-likeness (QED) is 0.321. The molecule has 2 aromatic rings. The molecule has 17 heteroatoms. The van der Waals surface area contributed by atoms with Gasteiger partial charge in [0.2, 0.25) is 0 Å². The number of hydrogen-bond donors (Lipinski definition) is 1. The molecule has 2 aliphatic rings. The number of piperidine rings is 1. The summed E-state index contributed by atoms with van der Waals surface area (Å²) in [7, 11) is 0. The first-order chi connectivity index (χ1) is 20.8. The third kappa shape index (κ3) is 7.73. The summed E-state index contributed by atoms with van der Waals surface area (Å²) in [5.41, 5.74) is -4.98. The van der Waals surface area contributed by atoms with Gasteiger partial charge in [-0.2, -0.15) is 39.5 Å². The SMILES string of the molecule is CCN(c1ncc(C(F)(F)F)cc1CN1C(=O)O[C@H](c2cc(C(F)(F)F)cc(C(F)(F)F)c2)[C@@H]1C)C1CCN(CC(=O)O)CC1. The highest BCUT2D eigenvalue weighted by molar-refractivity contribution is 5.71. The number of amides is 1. The number of carboxylic acid groups (broad SMARTS) is 1. The van der Waals surface area contributed by atoms with Gasteiger partial charge in [-0.25, -0.2) is 9.78 Å². The van der Waals surface area contributed by atoms with E-state index in [2.05, 4.69) is 4.98 Å². The third-order valence-electron chi connectivity index (χ3n) is 7.91. The second-order valence-electron chi connectivity index (χ2n) is 10.9. The maximum atomic E-state index is 13.7. The van der Waals surface area contributed by atoms with Crippen molar-refractivity contribution in [1.29, 1.82) is 0 Å². The van der Waals surface area contributed by atoms with Crippen molar-refractivity contribution in [2.24, 2.45) is 0 Å². The second-order valence-corrected chi connectivity index (χ2v) is 10.9. The van der Waals surface area contributed by atoms with Crippen molar-refractivity contribution in [2.45, 2.75) is 70.0 Å². The lowest BCUT2D eigenvalue weighted by Crippen LogP contribution is -2.47. The number of ether oxygens (including phenoxy) is 1. The lowest BCUT2D eigenvalue weighted by atomic mass is 9.97. The van der Waals surface area contributed by atoms with E-state index in [1.807, 2.05) is 0 Å². The zero-order valence-corrected chi connectivity index (χ0v) is 23.9. The van der Waals surface area contributed by atoms with E-state index in [1.165, 1.54) is 6.92 Å². The summed E-state index contributed by atoms with van der Waals surface area (Å²) < 4.78 is 127. The first-order valence-corrected chi connectivity index (χ1v) is 13.8. The smallest absolute Gasteiger partial charge is 0.417 e. The normalized spacial score (nSPS) is 20.4. The topological polar surface area (TPSA) is 86.2 Å². The zero-order chi connectivity index (χ0) is 33.5.